The van der Waals surface area contributed by atoms with E-state index in [4.69, 9.17) is 0 Å². The second-order valence-corrected chi connectivity index (χ2v) is 4.92. The molecule has 13 heavy (non-hydrogen) atoms. The number of rotatable bonds is 3. The lowest BCUT2D eigenvalue weighted by Gasteiger charge is -2.20. The number of aliphatic imine (C=N–C) groups is 1. The zero-order chi connectivity index (χ0) is 9.84. The lowest BCUT2D eigenvalue weighted by molar-refractivity contribution is 0.439. The van der Waals surface area contributed by atoms with E-state index in [9.17, 15) is 0 Å². The normalized spacial score (nSPS) is 26.8. The summed E-state index contributed by atoms with van der Waals surface area (Å²) in [5, 5.41) is 4.61. The summed E-state index contributed by atoms with van der Waals surface area (Å²) in [5.74, 6) is 1.86. The van der Waals surface area contributed by atoms with Gasteiger partial charge in [0.05, 0.1) is 6.04 Å². The van der Waals surface area contributed by atoms with E-state index < -0.39 is 0 Å². The van der Waals surface area contributed by atoms with Gasteiger partial charge in [0.2, 0.25) is 0 Å². The highest BCUT2D eigenvalue weighted by molar-refractivity contribution is 8.14. The predicted octanol–water partition coefficient (Wildman–Crippen LogP) is 2.50. The van der Waals surface area contributed by atoms with Crippen LogP contribution in [-0.4, -0.2) is 23.0 Å². The quantitative estimate of drug-likeness (QED) is 0.757. The van der Waals surface area contributed by atoms with Crippen LogP contribution in [0.25, 0.3) is 0 Å². The molecule has 3 atom stereocenters. The van der Waals surface area contributed by atoms with E-state index in [1.54, 1.807) is 0 Å². The fourth-order valence-corrected chi connectivity index (χ4v) is 2.24. The molecule has 0 aromatic rings. The molecule has 1 heterocycles. The van der Waals surface area contributed by atoms with Crippen molar-refractivity contribution in [3.05, 3.63) is 0 Å². The number of thioether (sulfide) groups is 1. The highest BCUT2D eigenvalue weighted by Gasteiger charge is 2.17. The second-order valence-electron chi connectivity index (χ2n) is 3.91. The van der Waals surface area contributed by atoms with E-state index in [1.165, 1.54) is 6.42 Å². The van der Waals surface area contributed by atoms with Gasteiger partial charge in [-0.2, -0.15) is 0 Å². The van der Waals surface area contributed by atoms with Gasteiger partial charge >= 0.3 is 0 Å². The molecule has 0 bridgehead atoms. The smallest absolute Gasteiger partial charge is 0.157 e. The van der Waals surface area contributed by atoms with E-state index in [1.807, 2.05) is 11.8 Å². The molecule has 2 nitrogen and oxygen atoms in total. The van der Waals surface area contributed by atoms with Crippen molar-refractivity contribution >= 4 is 16.9 Å². The average Bonchev–Trinajstić information content (AvgIpc) is 2.49. The third-order valence-corrected chi connectivity index (χ3v) is 3.79. The highest BCUT2D eigenvalue weighted by atomic mass is 32.2. The predicted molar refractivity (Wildman–Crippen MR) is 61.4 cm³/mol. The number of hydrogen-bond donors (Lipinski definition) is 1. The lowest BCUT2D eigenvalue weighted by atomic mass is 10.0. The van der Waals surface area contributed by atoms with Crippen LogP contribution in [0, 0.1) is 5.92 Å². The molecule has 0 radical (unpaired) electrons. The van der Waals surface area contributed by atoms with Gasteiger partial charge in [-0.25, -0.2) is 0 Å². The van der Waals surface area contributed by atoms with Gasteiger partial charge < -0.3 is 5.32 Å². The van der Waals surface area contributed by atoms with Crippen LogP contribution >= 0.6 is 11.8 Å². The van der Waals surface area contributed by atoms with Crippen LogP contribution in [0.4, 0.5) is 0 Å². The summed E-state index contributed by atoms with van der Waals surface area (Å²) in [5.41, 5.74) is 0. The van der Waals surface area contributed by atoms with Crippen LogP contribution in [0.15, 0.2) is 4.99 Å². The molecule has 0 spiro atoms. The molecule has 0 aromatic heterocycles. The Morgan fingerprint density at radius 1 is 1.62 bits per heavy atom. The molecule has 1 N–H and O–H groups in total. The van der Waals surface area contributed by atoms with Crippen molar-refractivity contribution in [2.45, 2.75) is 46.2 Å². The number of nitrogens with zero attached hydrogens (tertiary/aromatic N) is 1. The summed E-state index contributed by atoms with van der Waals surface area (Å²) in [6.07, 6.45) is 1.22. The van der Waals surface area contributed by atoms with Crippen molar-refractivity contribution < 1.29 is 0 Å². The Hall–Kier alpha value is -0.180. The molecule has 1 aliphatic rings. The minimum atomic E-state index is 0.497. The Labute approximate surface area is 85.6 Å². The topological polar surface area (TPSA) is 24.4 Å². The minimum Gasteiger partial charge on any atom is -0.362 e. The number of hydrogen-bond acceptors (Lipinski definition) is 3. The Morgan fingerprint density at radius 2 is 2.31 bits per heavy atom. The molecular weight excluding hydrogens is 180 g/mol. The maximum Gasteiger partial charge on any atom is 0.157 e. The molecule has 0 saturated heterocycles. The third kappa shape index (κ3) is 3.22. The Morgan fingerprint density at radius 3 is 2.77 bits per heavy atom. The summed E-state index contributed by atoms with van der Waals surface area (Å²) in [4.78, 5) is 4.51. The molecule has 3 heteroatoms. The molecule has 0 aromatic carbocycles. The van der Waals surface area contributed by atoms with Crippen LogP contribution in [0.3, 0.4) is 0 Å². The van der Waals surface area contributed by atoms with Gasteiger partial charge in [0.15, 0.2) is 5.17 Å². The van der Waals surface area contributed by atoms with Crippen molar-refractivity contribution in [3.63, 3.8) is 0 Å². The molecule has 0 saturated carbocycles. The Kier molecular flexibility index (Phi) is 4.10. The van der Waals surface area contributed by atoms with Crippen molar-refractivity contribution in [2.24, 2.45) is 10.9 Å². The van der Waals surface area contributed by atoms with Gasteiger partial charge in [-0.05, 0) is 19.8 Å². The standard InChI is InChI=1S/C10H20N2S/c1-5-7(2)9(4)12-10-11-8(3)6-13-10/h7-9H,5-6H2,1-4H3,(H,11,12). The maximum atomic E-state index is 4.51. The van der Waals surface area contributed by atoms with Gasteiger partial charge in [0, 0.05) is 11.8 Å². The van der Waals surface area contributed by atoms with Gasteiger partial charge in [-0.3, -0.25) is 4.99 Å². The monoisotopic (exact) mass is 200 g/mol. The van der Waals surface area contributed by atoms with Gasteiger partial charge in [-0.15, -0.1) is 0 Å². The third-order valence-electron chi connectivity index (χ3n) is 2.65. The first-order valence-electron chi connectivity index (χ1n) is 5.10. The summed E-state index contributed by atoms with van der Waals surface area (Å²) in [6, 6.07) is 1.04. The van der Waals surface area contributed by atoms with Crippen LogP contribution in [0.2, 0.25) is 0 Å². The van der Waals surface area contributed by atoms with Crippen molar-refractivity contribution in [1.82, 2.24) is 5.32 Å². The average molecular weight is 200 g/mol. The van der Waals surface area contributed by atoms with E-state index in [0.29, 0.717) is 12.1 Å². The molecule has 0 fully saturated rings. The molecule has 1 rings (SSSR count). The van der Waals surface area contributed by atoms with E-state index in [0.717, 1.165) is 16.8 Å². The van der Waals surface area contributed by atoms with E-state index in [2.05, 4.69) is 38.0 Å². The van der Waals surface area contributed by atoms with Crippen LogP contribution in [0.1, 0.15) is 34.1 Å². The molecule has 0 aliphatic carbocycles. The first-order valence-corrected chi connectivity index (χ1v) is 6.09. The first-order chi connectivity index (χ1) is 6.13. The van der Waals surface area contributed by atoms with Crippen molar-refractivity contribution in [3.8, 4) is 0 Å². The zero-order valence-electron chi connectivity index (χ0n) is 9.00. The van der Waals surface area contributed by atoms with Gasteiger partial charge in [-0.1, -0.05) is 32.0 Å². The molecule has 0 amide bonds. The molecule has 76 valence electrons. The fourth-order valence-electron chi connectivity index (χ4n) is 1.24. The Balaban J connectivity index is 2.36. The Bertz CT molecular complexity index is 191. The van der Waals surface area contributed by atoms with E-state index >= 15 is 0 Å². The minimum absolute atomic E-state index is 0.497. The van der Waals surface area contributed by atoms with Crippen LogP contribution in [0.5, 0.6) is 0 Å². The van der Waals surface area contributed by atoms with Gasteiger partial charge in [0.25, 0.3) is 0 Å². The SMILES string of the molecule is CCC(C)C(C)NC1=NC(C)CS1. The second kappa shape index (κ2) is 4.89. The van der Waals surface area contributed by atoms with Crippen molar-refractivity contribution in [1.29, 1.82) is 0 Å². The first kappa shape index (κ1) is 10.9. The molecule has 3 unspecified atom stereocenters. The highest BCUT2D eigenvalue weighted by Crippen LogP contribution is 2.17. The van der Waals surface area contributed by atoms with E-state index in [-0.39, 0.29) is 0 Å². The molecular formula is C10H20N2S. The number of amidine groups is 1. The summed E-state index contributed by atoms with van der Waals surface area (Å²) in [7, 11) is 0. The number of nitrogens with one attached hydrogen (secondary N) is 1. The summed E-state index contributed by atoms with van der Waals surface area (Å²) >= 11 is 1.85. The largest absolute Gasteiger partial charge is 0.362 e. The van der Waals surface area contributed by atoms with Crippen LogP contribution < -0.4 is 5.32 Å². The lowest BCUT2D eigenvalue weighted by Crippen LogP contribution is -2.34. The fraction of sp³-hybridized carbons (Fsp3) is 0.900. The van der Waals surface area contributed by atoms with Crippen LogP contribution in [-0.2, 0) is 0 Å². The summed E-state index contributed by atoms with van der Waals surface area (Å²) in [6.45, 7) is 8.91. The maximum absolute atomic E-state index is 4.51. The summed E-state index contributed by atoms with van der Waals surface area (Å²) < 4.78 is 0. The van der Waals surface area contributed by atoms with Gasteiger partial charge in [0.1, 0.15) is 0 Å². The van der Waals surface area contributed by atoms with Crippen molar-refractivity contribution in [2.75, 3.05) is 5.75 Å². The molecule has 1 aliphatic heterocycles. The zero-order valence-corrected chi connectivity index (χ0v) is 9.82.